The summed E-state index contributed by atoms with van der Waals surface area (Å²) in [5, 5.41) is 23.2. The third-order valence-electron chi connectivity index (χ3n) is 12.1. The van der Waals surface area contributed by atoms with Crippen LogP contribution in [0.2, 0.25) is 0 Å². The van der Waals surface area contributed by atoms with Gasteiger partial charge in [0.1, 0.15) is 54.0 Å². The minimum absolute atomic E-state index is 0.0137. The van der Waals surface area contributed by atoms with E-state index in [9.17, 15) is 47.4 Å². The van der Waals surface area contributed by atoms with E-state index < -0.39 is 108 Å². The van der Waals surface area contributed by atoms with Gasteiger partial charge in [-0.05, 0) is 86.1 Å². The molecule has 4 fully saturated rings. The fraction of sp³-hybridized carbons (Fsp3) is 0.477. The van der Waals surface area contributed by atoms with Gasteiger partial charge in [-0.15, -0.1) is 0 Å². The molecule has 3 aromatic carbocycles. The molecule has 16 nitrogen and oxygen atoms in total. The molecule has 4 aliphatic heterocycles. The SMILES string of the molecule is C[C@@H]1C[C@H]2C(=O)O[C@@H](C)[C@H](NC(=O)[C@H](Cc3cc(F)cc(F)c3)NC(=O)Nc3ccc4ccccc4c3)C(=O)N3C[C@H](O)C[C@H]3C(=O)N3CCCC[C@H]3C(=O)N[C@@H](C)C(=O)N2C1. The van der Waals surface area contributed by atoms with Crippen LogP contribution in [0, 0.1) is 17.6 Å². The highest BCUT2D eigenvalue weighted by Crippen LogP contribution is 2.29. The number of aliphatic hydroxyl groups excluding tert-OH is 1. The molecular formula is C44H51F2N7O9. The molecule has 0 unspecified atom stereocenters. The fourth-order valence-corrected chi connectivity index (χ4v) is 8.99. The van der Waals surface area contributed by atoms with Crippen molar-refractivity contribution in [3.05, 3.63) is 77.9 Å². The minimum Gasteiger partial charge on any atom is -0.458 e. The number of cyclic esters (lactones) is 1. The molecule has 9 atom stereocenters. The van der Waals surface area contributed by atoms with Crippen molar-refractivity contribution in [2.45, 2.75) is 108 Å². The fourth-order valence-electron chi connectivity index (χ4n) is 8.99. The minimum atomic E-state index is -1.75. The second-order valence-corrected chi connectivity index (χ2v) is 16.8. The van der Waals surface area contributed by atoms with Crippen LogP contribution in [0.5, 0.6) is 0 Å². The van der Waals surface area contributed by atoms with E-state index in [1.807, 2.05) is 31.2 Å². The quantitative estimate of drug-likeness (QED) is 0.231. The van der Waals surface area contributed by atoms with Gasteiger partial charge in [0, 0.05) is 44.2 Å². The molecule has 330 valence electrons. The van der Waals surface area contributed by atoms with Crippen LogP contribution in [0.3, 0.4) is 0 Å². The number of urea groups is 1. The second-order valence-electron chi connectivity index (χ2n) is 16.8. The number of nitrogens with zero attached hydrogens (tertiary/aromatic N) is 3. The maximum absolute atomic E-state index is 14.8. The van der Waals surface area contributed by atoms with E-state index in [1.165, 1.54) is 23.6 Å². The molecule has 4 aliphatic rings. The zero-order chi connectivity index (χ0) is 44.4. The number of carbonyl (C=O) groups excluding carboxylic acids is 7. The van der Waals surface area contributed by atoms with Crippen molar-refractivity contribution >= 4 is 58.0 Å². The van der Waals surface area contributed by atoms with E-state index in [4.69, 9.17) is 4.74 Å². The number of ether oxygens (including phenoxy) is 1. The molecule has 0 aromatic heterocycles. The monoisotopic (exact) mass is 859 g/mol. The molecule has 0 spiro atoms. The molecule has 0 aliphatic carbocycles. The van der Waals surface area contributed by atoms with Gasteiger partial charge in [-0.3, -0.25) is 24.0 Å². The molecule has 0 saturated carbocycles. The first-order valence-corrected chi connectivity index (χ1v) is 21.0. The zero-order valence-electron chi connectivity index (χ0n) is 34.6. The van der Waals surface area contributed by atoms with Gasteiger partial charge in [0.15, 0.2) is 0 Å². The lowest BCUT2D eigenvalue weighted by Crippen LogP contribution is -2.63. The number of amides is 7. The van der Waals surface area contributed by atoms with Crippen LogP contribution in [-0.2, 0) is 39.9 Å². The van der Waals surface area contributed by atoms with E-state index in [1.54, 1.807) is 18.2 Å². The summed E-state index contributed by atoms with van der Waals surface area (Å²) in [6.07, 6.45) is -1.64. The van der Waals surface area contributed by atoms with Crippen molar-refractivity contribution in [2.75, 3.05) is 25.0 Å². The zero-order valence-corrected chi connectivity index (χ0v) is 34.6. The van der Waals surface area contributed by atoms with Gasteiger partial charge in [-0.1, -0.05) is 37.3 Å². The maximum atomic E-state index is 14.8. The van der Waals surface area contributed by atoms with E-state index in [0.29, 0.717) is 24.6 Å². The molecule has 4 saturated heterocycles. The summed E-state index contributed by atoms with van der Waals surface area (Å²) in [5.74, 6) is -6.59. The number of halogens is 2. The number of benzene rings is 3. The van der Waals surface area contributed by atoms with E-state index >= 15 is 0 Å². The van der Waals surface area contributed by atoms with E-state index in [2.05, 4.69) is 21.3 Å². The number of hydrogen-bond donors (Lipinski definition) is 5. The Bertz CT molecular complexity index is 2240. The molecule has 18 heteroatoms. The summed E-state index contributed by atoms with van der Waals surface area (Å²) in [6, 6.07) is 6.51. The lowest BCUT2D eigenvalue weighted by atomic mass is 9.98. The number of piperidine rings is 1. The Balaban J connectivity index is 1.22. The number of fused-ring (bicyclic) bond motifs is 4. The van der Waals surface area contributed by atoms with Crippen LogP contribution in [0.4, 0.5) is 19.3 Å². The van der Waals surface area contributed by atoms with Crippen LogP contribution in [0.25, 0.3) is 10.8 Å². The number of anilines is 1. The smallest absolute Gasteiger partial charge is 0.329 e. The third kappa shape index (κ3) is 9.64. The van der Waals surface area contributed by atoms with E-state index in [0.717, 1.165) is 27.8 Å². The number of carbonyl (C=O) groups is 7. The second kappa shape index (κ2) is 18.4. The molecule has 7 rings (SSSR count). The van der Waals surface area contributed by atoms with Crippen molar-refractivity contribution in [3.63, 3.8) is 0 Å². The van der Waals surface area contributed by atoms with Crippen LogP contribution >= 0.6 is 0 Å². The summed E-state index contributed by atoms with van der Waals surface area (Å²) in [4.78, 5) is 102. The van der Waals surface area contributed by atoms with Crippen LogP contribution < -0.4 is 21.3 Å². The molecule has 62 heavy (non-hydrogen) atoms. The highest BCUT2D eigenvalue weighted by molar-refractivity contribution is 5.99. The summed E-state index contributed by atoms with van der Waals surface area (Å²) >= 11 is 0. The Morgan fingerprint density at radius 2 is 1.53 bits per heavy atom. The Morgan fingerprint density at radius 1 is 0.823 bits per heavy atom. The van der Waals surface area contributed by atoms with Gasteiger partial charge < -0.3 is 45.8 Å². The Hall–Kier alpha value is -6.17. The molecule has 7 amide bonds. The Labute approximate surface area is 356 Å². The molecule has 0 bridgehead atoms. The van der Waals surface area contributed by atoms with Gasteiger partial charge in [-0.2, -0.15) is 0 Å². The number of aliphatic hydroxyl groups is 1. The molecule has 5 N–H and O–H groups in total. The maximum Gasteiger partial charge on any atom is 0.329 e. The highest BCUT2D eigenvalue weighted by atomic mass is 19.1. The average Bonchev–Trinajstić information content (AvgIpc) is 3.83. The van der Waals surface area contributed by atoms with Crippen molar-refractivity contribution in [1.29, 1.82) is 0 Å². The van der Waals surface area contributed by atoms with Crippen LogP contribution in [-0.4, -0.2) is 129 Å². The van der Waals surface area contributed by atoms with Gasteiger partial charge in [0.25, 0.3) is 0 Å². The topological polar surface area (TPSA) is 207 Å². The highest BCUT2D eigenvalue weighted by Gasteiger charge is 2.49. The Morgan fingerprint density at radius 3 is 2.27 bits per heavy atom. The summed E-state index contributed by atoms with van der Waals surface area (Å²) in [5.41, 5.74) is 0.352. The molecule has 3 aromatic rings. The summed E-state index contributed by atoms with van der Waals surface area (Å²) < 4.78 is 34.7. The standard InChI is InChI=1S/C44H51F2N7O9/c1-23-14-36-43(60)62-25(3)37(42(59)53-22-32(54)20-35(53)41(58)51-13-7-6-10-34(51)39(56)47-24(2)40(57)52(36)21-23)50-38(55)33(17-26-15-29(45)19-30(46)16-26)49-44(61)48-31-12-11-27-8-4-5-9-28(27)18-31/h4-5,8-9,11-12,15-16,18-19,23-25,32-37,54H,6-7,10,13-14,17,20-22H2,1-3H3,(H,47,56)(H,50,55)(H2,48,49,61)/t23-,24+,25+,32-,33+,34+,35+,36+,37+/m1/s1. The van der Waals surface area contributed by atoms with Gasteiger partial charge in [-0.25, -0.2) is 18.4 Å². The Kier molecular flexibility index (Phi) is 13.1. The first-order valence-electron chi connectivity index (χ1n) is 21.0. The first-order chi connectivity index (χ1) is 29.6. The normalized spacial score (nSPS) is 27.8. The molecule has 0 radical (unpaired) electrons. The third-order valence-corrected chi connectivity index (χ3v) is 12.1. The van der Waals surface area contributed by atoms with Gasteiger partial charge in [0.05, 0.1) is 6.10 Å². The summed E-state index contributed by atoms with van der Waals surface area (Å²) in [7, 11) is 0. The van der Waals surface area contributed by atoms with Crippen molar-refractivity contribution in [3.8, 4) is 0 Å². The van der Waals surface area contributed by atoms with Crippen molar-refractivity contribution in [2.24, 2.45) is 5.92 Å². The largest absolute Gasteiger partial charge is 0.458 e. The number of nitrogens with one attached hydrogen (secondary N) is 4. The average molecular weight is 860 g/mol. The van der Waals surface area contributed by atoms with Gasteiger partial charge in [0.2, 0.25) is 29.5 Å². The van der Waals surface area contributed by atoms with Gasteiger partial charge >= 0.3 is 12.0 Å². The van der Waals surface area contributed by atoms with E-state index in [-0.39, 0.29) is 50.4 Å². The first kappa shape index (κ1) is 43.9. The van der Waals surface area contributed by atoms with Crippen molar-refractivity contribution < 1.29 is 52.2 Å². The molecule has 4 heterocycles. The predicted octanol–water partition coefficient (Wildman–Crippen LogP) is 2.37. The number of esters is 1. The number of hydrogen-bond acceptors (Lipinski definition) is 9. The van der Waals surface area contributed by atoms with Crippen LogP contribution in [0.15, 0.2) is 60.7 Å². The lowest BCUT2D eigenvalue weighted by molar-refractivity contribution is -0.163. The van der Waals surface area contributed by atoms with Crippen molar-refractivity contribution in [1.82, 2.24) is 30.7 Å². The molecular weight excluding hydrogens is 809 g/mol. The predicted molar refractivity (Wildman–Crippen MR) is 220 cm³/mol. The lowest BCUT2D eigenvalue weighted by Gasteiger charge is -2.39. The van der Waals surface area contributed by atoms with Crippen LogP contribution in [0.1, 0.15) is 58.4 Å². The summed E-state index contributed by atoms with van der Waals surface area (Å²) in [6.45, 7) is 4.68. The number of rotatable bonds is 6.